The van der Waals surface area contributed by atoms with Gasteiger partial charge in [0.25, 0.3) is 0 Å². The fraction of sp³-hybridized carbons (Fsp3) is 0.571. The Morgan fingerprint density at radius 2 is 2.17 bits per heavy atom. The van der Waals surface area contributed by atoms with Crippen molar-refractivity contribution in [2.75, 3.05) is 5.32 Å². The Kier molecular flexibility index (Phi) is 3.55. The van der Waals surface area contributed by atoms with Gasteiger partial charge in [-0.2, -0.15) is 0 Å². The SMILES string of the molecule is Cc1cc(C)c(C(=O)O)c(NC2CCCC2C)n1. The maximum absolute atomic E-state index is 11.3. The highest BCUT2D eigenvalue weighted by Crippen LogP contribution is 2.29. The lowest BCUT2D eigenvalue weighted by molar-refractivity contribution is 0.0696. The quantitative estimate of drug-likeness (QED) is 0.863. The predicted molar refractivity (Wildman–Crippen MR) is 71.1 cm³/mol. The molecule has 0 radical (unpaired) electrons. The Morgan fingerprint density at radius 1 is 1.44 bits per heavy atom. The largest absolute Gasteiger partial charge is 0.478 e. The first-order chi connectivity index (χ1) is 8.49. The van der Waals surface area contributed by atoms with Crippen molar-refractivity contribution < 1.29 is 9.90 Å². The normalized spacial score (nSPS) is 23.1. The summed E-state index contributed by atoms with van der Waals surface area (Å²) in [5.74, 6) is 0.196. The van der Waals surface area contributed by atoms with E-state index in [0.29, 0.717) is 23.3 Å². The van der Waals surface area contributed by atoms with E-state index in [9.17, 15) is 9.90 Å². The molecule has 2 atom stereocenters. The van der Waals surface area contributed by atoms with Crippen molar-refractivity contribution in [2.24, 2.45) is 5.92 Å². The van der Waals surface area contributed by atoms with E-state index in [0.717, 1.165) is 17.7 Å². The molecule has 1 aromatic heterocycles. The molecular formula is C14H20N2O2. The average molecular weight is 248 g/mol. The summed E-state index contributed by atoms with van der Waals surface area (Å²) in [4.78, 5) is 15.7. The lowest BCUT2D eigenvalue weighted by atomic mass is 10.0. The first-order valence-electron chi connectivity index (χ1n) is 6.47. The van der Waals surface area contributed by atoms with Gasteiger partial charge in [0.2, 0.25) is 0 Å². The number of rotatable bonds is 3. The molecule has 4 nitrogen and oxygen atoms in total. The van der Waals surface area contributed by atoms with Gasteiger partial charge in [-0.05, 0) is 44.2 Å². The smallest absolute Gasteiger partial charge is 0.339 e. The highest BCUT2D eigenvalue weighted by Gasteiger charge is 2.25. The summed E-state index contributed by atoms with van der Waals surface area (Å²) in [5.41, 5.74) is 1.92. The van der Waals surface area contributed by atoms with Gasteiger partial charge in [0.05, 0.1) is 0 Å². The zero-order valence-electron chi connectivity index (χ0n) is 11.2. The maximum Gasteiger partial charge on any atom is 0.339 e. The van der Waals surface area contributed by atoms with Crippen molar-refractivity contribution in [2.45, 2.75) is 46.1 Å². The number of pyridine rings is 1. The van der Waals surface area contributed by atoms with Gasteiger partial charge in [0.15, 0.2) is 0 Å². The Hall–Kier alpha value is -1.58. The van der Waals surface area contributed by atoms with E-state index in [-0.39, 0.29) is 0 Å². The van der Waals surface area contributed by atoms with Crippen LogP contribution in [0.15, 0.2) is 6.07 Å². The van der Waals surface area contributed by atoms with E-state index in [1.54, 1.807) is 0 Å². The van der Waals surface area contributed by atoms with Crippen molar-refractivity contribution in [1.82, 2.24) is 4.98 Å². The molecule has 0 saturated heterocycles. The molecule has 0 bridgehead atoms. The molecule has 98 valence electrons. The van der Waals surface area contributed by atoms with Crippen LogP contribution in [-0.4, -0.2) is 22.1 Å². The van der Waals surface area contributed by atoms with Crippen molar-refractivity contribution >= 4 is 11.8 Å². The van der Waals surface area contributed by atoms with Crippen LogP contribution < -0.4 is 5.32 Å². The van der Waals surface area contributed by atoms with Crippen LogP contribution in [0.4, 0.5) is 5.82 Å². The third-order valence-corrected chi connectivity index (χ3v) is 3.74. The number of nitrogens with zero attached hydrogens (tertiary/aromatic N) is 1. The average Bonchev–Trinajstić information content (AvgIpc) is 2.62. The number of hydrogen-bond acceptors (Lipinski definition) is 3. The molecule has 2 N–H and O–H groups in total. The molecule has 0 amide bonds. The molecule has 4 heteroatoms. The molecule has 1 aliphatic carbocycles. The Balaban J connectivity index is 2.33. The molecule has 2 rings (SSSR count). The molecule has 1 aliphatic rings. The summed E-state index contributed by atoms with van der Waals surface area (Å²) in [6, 6.07) is 2.16. The van der Waals surface area contributed by atoms with Gasteiger partial charge >= 0.3 is 5.97 Å². The van der Waals surface area contributed by atoms with Crippen LogP contribution in [0.3, 0.4) is 0 Å². The highest BCUT2D eigenvalue weighted by atomic mass is 16.4. The lowest BCUT2D eigenvalue weighted by Gasteiger charge is -2.20. The van der Waals surface area contributed by atoms with Crippen LogP contribution in [-0.2, 0) is 0 Å². The Morgan fingerprint density at radius 3 is 2.72 bits per heavy atom. The summed E-state index contributed by atoms with van der Waals surface area (Å²) < 4.78 is 0. The third-order valence-electron chi connectivity index (χ3n) is 3.74. The van der Waals surface area contributed by atoms with Crippen LogP contribution in [0.5, 0.6) is 0 Å². The number of carboxylic acids is 1. The number of carbonyl (C=O) groups is 1. The second kappa shape index (κ2) is 4.96. The van der Waals surface area contributed by atoms with E-state index >= 15 is 0 Å². The van der Waals surface area contributed by atoms with Gasteiger partial charge in [-0.25, -0.2) is 9.78 Å². The van der Waals surface area contributed by atoms with Crippen LogP contribution in [0.25, 0.3) is 0 Å². The molecule has 0 spiro atoms. The number of anilines is 1. The van der Waals surface area contributed by atoms with Crippen molar-refractivity contribution in [3.05, 3.63) is 22.9 Å². The predicted octanol–water partition coefficient (Wildman–Crippen LogP) is 3.00. The number of nitrogens with one attached hydrogen (secondary N) is 1. The Labute approximate surface area is 107 Å². The van der Waals surface area contributed by atoms with E-state index in [1.165, 1.54) is 12.8 Å². The summed E-state index contributed by atoms with van der Waals surface area (Å²) in [6.07, 6.45) is 3.49. The van der Waals surface area contributed by atoms with Crippen molar-refractivity contribution in [3.8, 4) is 0 Å². The van der Waals surface area contributed by atoms with Gasteiger partial charge in [-0.1, -0.05) is 13.3 Å². The first kappa shape index (κ1) is 12.9. The molecule has 1 fully saturated rings. The van der Waals surface area contributed by atoms with Gasteiger partial charge < -0.3 is 10.4 Å². The van der Waals surface area contributed by atoms with E-state index < -0.39 is 5.97 Å². The minimum absolute atomic E-state index is 0.305. The van der Waals surface area contributed by atoms with Gasteiger partial charge in [0, 0.05) is 11.7 Å². The van der Waals surface area contributed by atoms with Gasteiger partial charge in [-0.3, -0.25) is 0 Å². The summed E-state index contributed by atoms with van der Waals surface area (Å²) in [6.45, 7) is 5.91. The van der Waals surface area contributed by atoms with Crippen molar-refractivity contribution in [3.63, 3.8) is 0 Å². The molecule has 1 heterocycles. The fourth-order valence-corrected chi connectivity index (χ4v) is 2.75. The summed E-state index contributed by atoms with van der Waals surface area (Å²) >= 11 is 0. The monoisotopic (exact) mass is 248 g/mol. The zero-order chi connectivity index (χ0) is 13.3. The maximum atomic E-state index is 11.3. The minimum atomic E-state index is -0.909. The number of aromatic nitrogens is 1. The molecule has 2 unspecified atom stereocenters. The van der Waals surface area contributed by atoms with Crippen LogP contribution >= 0.6 is 0 Å². The molecule has 18 heavy (non-hydrogen) atoms. The number of hydrogen-bond donors (Lipinski definition) is 2. The van der Waals surface area contributed by atoms with Crippen LogP contribution in [0, 0.1) is 19.8 Å². The topological polar surface area (TPSA) is 62.2 Å². The van der Waals surface area contributed by atoms with Gasteiger partial charge in [0.1, 0.15) is 11.4 Å². The Bertz CT molecular complexity index is 471. The molecule has 0 aliphatic heterocycles. The zero-order valence-corrected chi connectivity index (χ0v) is 11.2. The van der Waals surface area contributed by atoms with Crippen molar-refractivity contribution in [1.29, 1.82) is 0 Å². The standard InChI is InChI=1S/C14H20N2O2/c1-8-5-4-6-11(8)16-13-12(14(17)18)9(2)7-10(3)15-13/h7-8,11H,4-6H2,1-3H3,(H,15,16)(H,17,18). The summed E-state index contributed by atoms with van der Waals surface area (Å²) in [5, 5.41) is 12.6. The third kappa shape index (κ3) is 2.47. The molecule has 1 aromatic rings. The highest BCUT2D eigenvalue weighted by molar-refractivity contribution is 5.94. The molecular weight excluding hydrogens is 228 g/mol. The van der Waals surface area contributed by atoms with E-state index in [1.807, 2.05) is 19.9 Å². The number of aromatic carboxylic acids is 1. The molecule has 0 aromatic carbocycles. The number of carboxylic acid groups (broad SMARTS) is 1. The molecule has 1 saturated carbocycles. The van der Waals surface area contributed by atoms with E-state index in [2.05, 4.69) is 17.2 Å². The fourth-order valence-electron chi connectivity index (χ4n) is 2.75. The minimum Gasteiger partial charge on any atom is -0.478 e. The van der Waals surface area contributed by atoms with Gasteiger partial charge in [-0.15, -0.1) is 0 Å². The van der Waals surface area contributed by atoms with Crippen LogP contribution in [0.2, 0.25) is 0 Å². The van der Waals surface area contributed by atoms with Crippen LogP contribution in [0.1, 0.15) is 47.8 Å². The van der Waals surface area contributed by atoms with E-state index in [4.69, 9.17) is 0 Å². The first-order valence-corrected chi connectivity index (χ1v) is 6.47. The second-order valence-corrected chi connectivity index (χ2v) is 5.27. The lowest BCUT2D eigenvalue weighted by Crippen LogP contribution is -2.24. The second-order valence-electron chi connectivity index (χ2n) is 5.27. The summed E-state index contributed by atoms with van der Waals surface area (Å²) in [7, 11) is 0. The number of aryl methyl sites for hydroxylation is 2.